The Kier molecular flexibility index (Phi) is 6.86. The lowest BCUT2D eigenvalue weighted by atomic mass is 10.1. The maximum atomic E-state index is 14.6. The fraction of sp³-hybridized carbons (Fsp3) is 0.154. The molecule has 4 rings (SSSR count). The molecule has 9 heteroatoms. The number of aromatic nitrogens is 3. The molecule has 0 aliphatic heterocycles. The molecule has 1 aromatic heterocycles. The van der Waals surface area contributed by atoms with Crippen LogP contribution in [0.15, 0.2) is 88.5 Å². The summed E-state index contributed by atoms with van der Waals surface area (Å²) in [6.45, 7) is 1.59. The van der Waals surface area contributed by atoms with Gasteiger partial charge in [-0.2, -0.15) is 9.78 Å². The smallest absolute Gasteiger partial charge is 0.352 e. The quantitative estimate of drug-likeness (QED) is 0.444. The molecule has 0 radical (unpaired) electrons. The molecule has 0 aliphatic carbocycles. The monoisotopic (exact) mass is 474 g/mol. The largest absolute Gasteiger partial charge is 0.497 e. The molecule has 0 saturated carbocycles. The number of methoxy groups -OCH3 is 1. The van der Waals surface area contributed by atoms with Crippen molar-refractivity contribution in [3.05, 3.63) is 122 Å². The van der Waals surface area contributed by atoms with Gasteiger partial charge in [0.2, 0.25) is 5.69 Å². The fourth-order valence-corrected chi connectivity index (χ4v) is 3.62. The first-order valence-electron chi connectivity index (χ1n) is 10.9. The average Bonchev–Trinajstić information content (AvgIpc) is 2.88. The topological polar surface area (TPSA) is 95.2 Å². The van der Waals surface area contributed by atoms with Crippen LogP contribution >= 0.6 is 0 Å². The summed E-state index contributed by atoms with van der Waals surface area (Å²) in [6, 6.07) is 21.0. The molecule has 178 valence electrons. The summed E-state index contributed by atoms with van der Waals surface area (Å²) in [7, 11) is 1.50. The Bertz CT molecular complexity index is 1480. The van der Waals surface area contributed by atoms with Gasteiger partial charge in [0.15, 0.2) is 0 Å². The van der Waals surface area contributed by atoms with Crippen molar-refractivity contribution >= 4 is 5.91 Å². The van der Waals surface area contributed by atoms with Crippen molar-refractivity contribution in [3.63, 3.8) is 0 Å². The summed E-state index contributed by atoms with van der Waals surface area (Å²) < 4.78 is 21.4. The lowest BCUT2D eigenvalue weighted by Crippen LogP contribution is -2.46. The standard InChI is InChI=1S/C26H23FN4O4/c1-17(19-10-4-3-5-11-19)28-24(32)23-25(33)30(16-18-9-8-12-20(15-18)35-2)26(34)31(29-23)22-14-7-6-13-21(22)27/h3-15,17H,16H2,1-2H3,(H,28,32)/t17-/m0/s1. The van der Waals surface area contributed by atoms with Gasteiger partial charge in [-0.1, -0.05) is 54.6 Å². The highest BCUT2D eigenvalue weighted by atomic mass is 19.1. The summed E-state index contributed by atoms with van der Waals surface area (Å²) in [5.74, 6) is -0.970. The molecule has 0 saturated heterocycles. The highest BCUT2D eigenvalue weighted by molar-refractivity contribution is 5.92. The minimum Gasteiger partial charge on any atom is -0.497 e. The molecule has 1 amide bonds. The van der Waals surface area contributed by atoms with Gasteiger partial charge < -0.3 is 10.1 Å². The summed E-state index contributed by atoms with van der Waals surface area (Å²) in [5.41, 5.74) is -1.07. The Labute approximate surface area is 200 Å². The predicted molar refractivity (Wildman–Crippen MR) is 128 cm³/mol. The number of amides is 1. The number of halogens is 1. The van der Waals surface area contributed by atoms with Crippen LogP contribution in [-0.4, -0.2) is 27.4 Å². The molecule has 0 aliphatic rings. The van der Waals surface area contributed by atoms with Crippen molar-refractivity contribution < 1.29 is 13.9 Å². The summed E-state index contributed by atoms with van der Waals surface area (Å²) >= 11 is 0. The van der Waals surface area contributed by atoms with Crippen LogP contribution in [-0.2, 0) is 6.54 Å². The van der Waals surface area contributed by atoms with Gasteiger partial charge in [-0.05, 0) is 42.3 Å². The zero-order valence-corrected chi connectivity index (χ0v) is 19.1. The Balaban J connectivity index is 1.82. The maximum Gasteiger partial charge on any atom is 0.352 e. The van der Waals surface area contributed by atoms with E-state index < -0.39 is 34.7 Å². The SMILES string of the molecule is COc1cccc(Cn2c(=O)c(C(=O)N[C@@H](C)c3ccccc3)nn(-c3ccccc3F)c2=O)c1. The van der Waals surface area contributed by atoms with Crippen LogP contribution in [0.4, 0.5) is 4.39 Å². The number of hydrogen-bond donors (Lipinski definition) is 1. The van der Waals surface area contributed by atoms with Crippen LogP contribution in [0.3, 0.4) is 0 Å². The zero-order valence-electron chi connectivity index (χ0n) is 19.1. The molecular weight excluding hydrogens is 451 g/mol. The number of hydrogen-bond acceptors (Lipinski definition) is 5. The molecule has 3 aromatic carbocycles. The van der Waals surface area contributed by atoms with Gasteiger partial charge in [0, 0.05) is 0 Å². The molecule has 0 fully saturated rings. The van der Waals surface area contributed by atoms with Gasteiger partial charge >= 0.3 is 5.69 Å². The normalized spacial score (nSPS) is 11.6. The van der Waals surface area contributed by atoms with Crippen molar-refractivity contribution in [2.75, 3.05) is 7.11 Å². The second-order valence-corrected chi connectivity index (χ2v) is 7.84. The Hall–Kier alpha value is -4.53. The molecule has 35 heavy (non-hydrogen) atoms. The van der Waals surface area contributed by atoms with E-state index in [0.29, 0.717) is 11.3 Å². The van der Waals surface area contributed by atoms with Crippen LogP contribution in [0, 0.1) is 5.82 Å². The first kappa shape index (κ1) is 23.6. The molecule has 0 spiro atoms. The van der Waals surface area contributed by atoms with Crippen molar-refractivity contribution in [1.82, 2.24) is 19.7 Å². The minimum atomic E-state index is -0.886. The van der Waals surface area contributed by atoms with E-state index in [1.807, 2.05) is 30.3 Å². The lowest BCUT2D eigenvalue weighted by Gasteiger charge is -2.16. The third-order valence-corrected chi connectivity index (χ3v) is 5.48. The number of para-hydroxylation sites is 1. The second kappa shape index (κ2) is 10.2. The van der Waals surface area contributed by atoms with Crippen molar-refractivity contribution in [3.8, 4) is 11.4 Å². The molecule has 1 N–H and O–H groups in total. The molecule has 1 heterocycles. The Morgan fingerprint density at radius 2 is 1.74 bits per heavy atom. The molecule has 0 bridgehead atoms. The number of carbonyl (C=O) groups is 1. The molecular formula is C26H23FN4O4. The van der Waals surface area contributed by atoms with Crippen molar-refractivity contribution in [2.45, 2.75) is 19.5 Å². The predicted octanol–water partition coefficient (Wildman–Crippen LogP) is 3.08. The fourth-order valence-electron chi connectivity index (χ4n) is 3.62. The van der Waals surface area contributed by atoms with Gasteiger partial charge in [0.25, 0.3) is 11.5 Å². The first-order valence-corrected chi connectivity index (χ1v) is 10.9. The maximum absolute atomic E-state index is 14.6. The molecule has 0 unspecified atom stereocenters. The van der Waals surface area contributed by atoms with E-state index in [1.54, 1.807) is 31.2 Å². The lowest BCUT2D eigenvalue weighted by molar-refractivity contribution is 0.0930. The van der Waals surface area contributed by atoms with E-state index in [-0.39, 0.29) is 12.2 Å². The van der Waals surface area contributed by atoms with Crippen LogP contribution in [0.2, 0.25) is 0 Å². The summed E-state index contributed by atoms with van der Waals surface area (Å²) in [6.07, 6.45) is 0. The van der Waals surface area contributed by atoms with Gasteiger partial charge in [0.05, 0.1) is 19.7 Å². The number of nitrogens with one attached hydrogen (secondary N) is 1. The van der Waals surface area contributed by atoms with E-state index in [0.717, 1.165) is 20.9 Å². The van der Waals surface area contributed by atoms with Crippen molar-refractivity contribution in [1.29, 1.82) is 0 Å². The third-order valence-electron chi connectivity index (χ3n) is 5.48. The van der Waals surface area contributed by atoms with Crippen LogP contribution in [0.5, 0.6) is 5.75 Å². The van der Waals surface area contributed by atoms with Crippen molar-refractivity contribution in [2.24, 2.45) is 0 Å². The Morgan fingerprint density at radius 1 is 1.03 bits per heavy atom. The van der Waals surface area contributed by atoms with Gasteiger partial charge in [-0.25, -0.2) is 9.18 Å². The number of benzene rings is 3. The van der Waals surface area contributed by atoms with E-state index in [1.165, 1.54) is 25.3 Å². The average molecular weight is 474 g/mol. The summed E-state index contributed by atoms with van der Waals surface area (Å²) in [5, 5.41) is 6.71. The second-order valence-electron chi connectivity index (χ2n) is 7.84. The van der Waals surface area contributed by atoms with E-state index in [4.69, 9.17) is 4.74 Å². The number of rotatable bonds is 7. The van der Waals surface area contributed by atoms with Crippen LogP contribution in [0.25, 0.3) is 5.69 Å². The minimum absolute atomic E-state index is 0.166. The number of carbonyl (C=O) groups excluding carboxylic acids is 1. The van der Waals surface area contributed by atoms with Gasteiger partial charge in [-0.3, -0.25) is 14.2 Å². The van der Waals surface area contributed by atoms with E-state index in [9.17, 15) is 18.8 Å². The highest BCUT2D eigenvalue weighted by Gasteiger charge is 2.23. The van der Waals surface area contributed by atoms with Gasteiger partial charge in [-0.15, -0.1) is 0 Å². The molecule has 8 nitrogen and oxygen atoms in total. The number of ether oxygens (including phenoxy) is 1. The third kappa shape index (κ3) is 5.03. The highest BCUT2D eigenvalue weighted by Crippen LogP contribution is 2.14. The van der Waals surface area contributed by atoms with Gasteiger partial charge in [0.1, 0.15) is 17.3 Å². The summed E-state index contributed by atoms with van der Waals surface area (Å²) in [4.78, 5) is 39.6. The number of nitrogens with zero attached hydrogens (tertiary/aromatic N) is 3. The van der Waals surface area contributed by atoms with E-state index >= 15 is 0 Å². The first-order chi connectivity index (χ1) is 16.9. The van der Waals surface area contributed by atoms with Crippen LogP contribution < -0.4 is 21.3 Å². The molecule has 1 atom stereocenters. The molecule has 4 aromatic rings. The zero-order chi connectivity index (χ0) is 24.9. The van der Waals surface area contributed by atoms with E-state index in [2.05, 4.69) is 10.4 Å². The van der Waals surface area contributed by atoms with Crippen LogP contribution in [0.1, 0.15) is 34.6 Å². The Morgan fingerprint density at radius 3 is 2.46 bits per heavy atom.